The minimum Gasteiger partial charge on any atom is -0.456 e. The van der Waals surface area contributed by atoms with Crippen LogP contribution >= 0.6 is 0 Å². The van der Waals surface area contributed by atoms with Crippen LogP contribution in [0.2, 0.25) is 0 Å². The van der Waals surface area contributed by atoms with E-state index in [1.807, 2.05) is 12.1 Å². The molecule has 0 radical (unpaired) electrons. The molecule has 7 aromatic carbocycles. The first kappa shape index (κ1) is 28.9. The number of nitriles is 1. The summed E-state index contributed by atoms with van der Waals surface area (Å²) in [6, 6.07) is 50.8. The molecule has 0 amide bonds. The second-order valence-electron chi connectivity index (χ2n) is 15.7. The maximum Gasteiger partial charge on any atom is 0.252 e. The van der Waals surface area contributed by atoms with Crippen molar-refractivity contribution in [2.45, 2.75) is 26.2 Å². The van der Waals surface area contributed by atoms with Crippen LogP contribution < -0.4 is 26.2 Å². The summed E-state index contributed by atoms with van der Waals surface area (Å²) in [4.78, 5) is 4.83. The maximum absolute atomic E-state index is 10.7. The molecule has 0 saturated heterocycles. The first-order chi connectivity index (χ1) is 25.9. The lowest BCUT2D eigenvalue weighted by Gasteiger charge is -2.46. The van der Waals surface area contributed by atoms with Crippen LogP contribution in [0.4, 0.5) is 34.1 Å². The Balaban J connectivity index is 1.22. The van der Waals surface area contributed by atoms with E-state index in [1.54, 1.807) is 0 Å². The summed E-state index contributed by atoms with van der Waals surface area (Å²) >= 11 is 0. The van der Waals surface area contributed by atoms with Crippen molar-refractivity contribution >= 4 is 101 Å². The fourth-order valence-electron chi connectivity index (χ4n) is 9.56. The zero-order valence-corrected chi connectivity index (χ0v) is 29.5. The van der Waals surface area contributed by atoms with Crippen LogP contribution in [-0.2, 0) is 5.41 Å². The lowest BCUT2D eigenvalue weighted by atomic mass is 9.33. The number of para-hydroxylation sites is 4. The molecule has 0 saturated carbocycles. The first-order valence-corrected chi connectivity index (χ1v) is 18.3. The van der Waals surface area contributed by atoms with Crippen LogP contribution in [0, 0.1) is 11.3 Å². The van der Waals surface area contributed by atoms with Crippen LogP contribution in [-0.4, -0.2) is 11.3 Å². The van der Waals surface area contributed by atoms with Gasteiger partial charge >= 0.3 is 0 Å². The highest BCUT2D eigenvalue weighted by molar-refractivity contribution is 7.00. The number of fused-ring (bicyclic) bond motifs is 12. The predicted octanol–water partition coefficient (Wildman–Crippen LogP) is 10.2. The molecule has 53 heavy (non-hydrogen) atoms. The van der Waals surface area contributed by atoms with Gasteiger partial charge in [-0.25, -0.2) is 0 Å². The fraction of sp³-hybridized carbons (Fsp3) is 0.0851. The number of hydrogen-bond acceptors (Lipinski definition) is 4. The first-order valence-electron chi connectivity index (χ1n) is 18.3. The van der Waals surface area contributed by atoms with Crippen molar-refractivity contribution in [1.82, 2.24) is 4.57 Å². The quantitative estimate of drug-likeness (QED) is 0.162. The van der Waals surface area contributed by atoms with Gasteiger partial charge in [-0.2, -0.15) is 5.26 Å². The minimum absolute atomic E-state index is 0.0476. The highest BCUT2D eigenvalue weighted by Gasteiger charge is 2.46. The van der Waals surface area contributed by atoms with Gasteiger partial charge in [0, 0.05) is 44.3 Å². The molecule has 2 aromatic heterocycles. The second-order valence-corrected chi connectivity index (χ2v) is 15.7. The number of furan rings is 1. The van der Waals surface area contributed by atoms with Gasteiger partial charge in [0.25, 0.3) is 6.71 Å². The van der Waals surface area contributed by atoms with Gasteiger partial charge in [0.15, 0.2) is 0 Å². The van der Waals surface area contributed by atoms with Gasteiger partial charge in [0.05, 0.1) is 39.7 Å². The van der Waals surface area contributed by atoms with E-state index in [-0.39, 0.29) is 12.1 Å². The number of aromatic nitrogens is 1. The Morgan fingerprint density at radius 2 is 1.32 bits per heavy atom. The molecule has 5 nitrogen and oxygen atoms in total. The van der Waals surface area contributed by atoms with Crippen molar-refractivity contribution in [2.75, 3.05) is 9.80 Å². The Morgan fingerprint density at radius 3 is 2.17 bits per heavy atom. The molecule has 0 atom stereocenters. The van der Waals surface area contributed by atoms with Gasteiger partial charge in [-0.15, -0.1) is 0 Å². The molecule has 9 aromatic rings. The molecule has 0 spiro atoms. The topological polar surface area (TPSA) is 48.3 Å². The smallest absolute Gasteiger partial charge is 0.252 e. The van der Waals surface area contributed by atoms with E-state index >= 15 is 0 Å². The summed E-state index contributed by atoms with van der Waals surface area (Å²) in [5, 5.41) is 15.3. The molecular formula is C47H31BN4O. The summed E-state index contributed by atoms with van der Waals surface area (Å²) < 4.78 is 8.74. The van der Waals surface area contributed by atoms with E-state index in [0.29, 0.717) is 5.56 Å². The van der Waals surface area contributed by atoms with Crippen LogP contribution in [0.1, 0.15) is 31.9 Å². The highest BCUT2D eigenvalue weighted by atomic mass is 16.3. The van der Waals surface area contributed by atoms with Crippen LogP contribution in [0.5, 0.6) is 0 Å². The molecule has 248 valence electrons. The number of anilines is 6. The molecule has 0 bridgehead atoms. The van der Waals surface area contributed by atoms with Crippen LogP contribution in [0.15, 0.2) is 138 Å². The van der Waals surface area contributed by atoms with Gasteiger partial charge < -0.3 is 18.8 Å². The molecule has 5 heterocycles. The Bertz CT molecular complexity index is 3160. The predicted molar refractivity (Wildman–Crippen MR) is 219 cm³/mol. The Kier molecular flexibility index (Phi) is 5.34. The molecule has 0 N–H and O–H groups in total. The number of benzene rings is 7. The van der Waals surface area contributed by atoms with Crippen molar-refractivity contribution in [3.63, 3.8) is 0 Å². The van der Waals surface area contributed by atoms with E-state index in [0.717, 1.165) is 56.1 Å². The van der Waals surface area contributed by atoms with Gasteiger partial charge in [-0.05, 0) is 88.0 Å². The fourth-order valence-corrected chi connectivity index (χ4v) is 9.56. The van der Waals surface area contributed by atoms with Crippen LogP contribution in [0.3, 0.4) is 0 Å². The molecule has 0 fully saturated rings. The summed E-state index contributed by atoms with van der Waals surface area (Å²) in [5.41, 5.74) is 17.5. The maximum atomic E-state index is 10.7. The number of rotatable bonds is 1. The molecular weight excluding hydrogens is 647 g/mol. The molecule has 0 unspecified atom stereocenters. The Morgan fingerprint density at radius 1 is 0.585 bits per heavy atom. The lowest BCUT2D eigenvalue weighted by Crippen LogP contribution is -2.62. The van der Waals surface area contributed by atoms with Gasteiger partial charge in [-0.3, -0.25) is 0 Å². The van der Waals surface area contributed by atoms with Gasteiger partial charge in [-0.1, -0.05) is 93.6 Å². The van der Waals surface area contributed by atoms with Crippen molar-refractivity contribution in [2.24, 2.45) is 0 Å². The zero-order chi connectivity index (χ0) is 35.3. The van der Waals surface area contributed by atoms with Crippen molar-refractivity contribution in [1.29, 1.82) is 5.26 Å². The van der Waals surface area contributed by atoms with Crippen LogP contribution in [0.25, 0.3) is 49.4 Å². The Hall–Kier alpha value is -6.71. The summed E-state index contributed by atoms with van der Waals surface area (Å²) in [6.07, 6.45) is 0. The normalized spacial score (nSPS) is 13.8. The summed E-state index contributed by atoms with van der Waals surface area (Å²) in [5.74, 6) is 0. The van der Waals surface area contributed by atoms with Gasteiger partial charge in [0.2, 0.25) is 0 Å². The highest BCUT2D eigenvalue weighted by Crippen LogP contribution is 2.52. The third-order valence-electron chi connectivity index (χ3n) is 11.8. The van der Waals surface area contributed by atoms with E-state index in [1.165, 1.54) is 49.4 Å². The van der Waals surface area contributed by atoms with Crippen molar-refractivity contribution in [3.05, 3.63) is 145 Å². The standard InChI is InChI=1S/C47H31BN4O/c1-47(2,3)28-18-20-37-35(24-28)48-34-13-9-16-39-46(34)52(38-15-8-12-32-30-10-4-6-14-36(30)51(39)45(32)38)41-23-27(26-49)22-40(44(41)48)50(37)29-19-21-43-33(25-29)31-11-5-7-17-42(31)53-43/h4-25H,1-3H3. The monoisotopic (exact) mass is 678 g/mol. The third-order valence-corrected chi connectivity index (χ3v) is 11.8. The van der Waals surface area contributed by atoms with Crippen molar-refractivity contribution in [3.8, 4) is 11.8 Å². The number of hydrogen-bond donors (Lipinski definition) is 0. The van der Waals surface area contributed by atoms with Crippen molar-refractivity contribution < 1.29 is 4.42 Å². The second kappa shape index (κ2) is 9.79. The van der Waals surface area contributed by atoms with E-state index < -0.39 is 0 Å². The largest absolute Gasteiger partial charge is 0.456 e. The van der Waals surface area contributed by atoms with E-state index in [4.69, 9.17) is 4.42 Å². The average molecular weight is 679 g/mol. The van der Waals surface area contributed by atoms with E-state index in [9.17, 15) is 5.26 Å². The molecule has 12 rings (SSSR count). The summed E-state index contributed by atoms with van der Waals surface area (Å²) in [6.45, 7) is 6.82. The van der Waals surface area contributed by atoms with E-state index in [2.05, 4.69) is 163 Å². The minimum atomic E-state index is -0.0479. The molecule has 0 aliphatic carbocycles. The zero-order valence-electron chi connectivity index (χ0n) is 29.5. The SMILES string of the molecule is CC(C)(C)c1ccc2c(c1)B1c3cccc4c3N(c3cc(C#N)cc(c31)N2c1ccc2oc3ccccc3c2c1)c1cccc2c3ccccc3n-4c12. The molecule has 3 aliphatic heterocycles. The van der Waals surface area contributed by atoms with Gasteiger partial charge in [0.1, 0.15) is 11.2 Å². The Labute approximate surface area is 306 Å². The summed E-state index contributed by atoms with van der Waals surface area (Å²) in [7, 11) is 0. The average Bonchev–Trinajstić information content (AvgIpc) is 3.73. The number of nitrogens with zero attached hydrogens (tertiary/aromatic N) is 4. The molecule has 3 aliphatic rings. The third kappa shape index (κ3) is 3.61. The molecule has 6 heteroatoms. The lowest BCUT2D eigenvalue weighted by molar-refractivity contribution is 0.591.